The summed E-state index contributed by atoms with van der Waals surface area (Å²) in [5, 5.41) is 6.17. The van der Waals surface area contributed by atoms with Crippen LogP contribution in [0.5, 0.6) is 0 Å². The van der Waals surface area contributed by atoms with Gasteiger partial charge in [-0.2, -0.15) is 5.01 Å². The number of hydrazine groups is 1. The summed E-state index contributed by atoms with van der Waals surface area (Å²) in [7, 11) is 0. The fourth-order valence-corrected chi connectivity index (χ4v) is 3.77. The number of hydrogen-bond donors (Lipinski definition) is 2. The van der Waals surface area contributed by atoms with Crippen LogP contribution in [-0.4, -0.2) is 16.9 Å². The molecular formula is C25H22N4O2S. The zero-order valence-corrected chi connectivity index (χ0v) is 18.5. The van der Waals surface area contributed by atoms with Crippen molar-refractivity contribution in [2.75, 3.05) is 10.3 Å². The van der Waals surface area contributed by atoms with Crippen LogP contribution in [0, 0.1) is 13.8 Å². The number of aromatic nitrogens is 1. The Hall–Kier alpha value is -3.97. The van der Waals surface area contributed by atoms with E-state index >= 15 is 0 Å². The first-order valence-corrected chi connectivity index (χ1v) is 10.9. The van der Waals surface area contributed by atoms with Gasteiger partial charge in [0, 0.05) is 22.2 Å². The predicted molar refractivity (Wildman–Crippen MR) is 129 cm³/mol. The number of para-hydroxylation sites is 1. The van der Waals surface area contributed by atoms with E-state index in [0.717, 1.165) is 27.4 Å². The summed E-state index contributed by atoms with van der Waals surface area (Å²) in [6.07, 6.45) is 0. The van der Waals surface area contributed by atoms with Crippen LogP contribution in [0.15, 0.2) is 84.2 Å². The van der Waals surface area contributed by atoms with Crippen molar-refractivity contribution in [3.8, 4) is 11.3 Å². The van der Waals surface area contributed by atoms with Gasteiger partial charge in [0.25, 0.3) is 5.91 Å². The van der Waals surface area contributed by atoms with Crippen molar-refractivity contribution >= 4 is 34.1 Å². The molecule has 0 bridgehead atoms. The quantitative estimate of drug-likeness (QED) is 0.392. The summed E-state index contributed by atoms with van der Waals surface area (Å²) in [6, 6.07) is 23.7. The largest absolute Gasteiger partial charge is 0.347 e. The van der Waals surface area contributed by atoms with Crippen molar-refractivity contribution in [1.82, 2.24) is 10.4 Å². The summed E-state index contributed by atoms with van der Waals surface area (Å²) in [6.45, 7) is 3.97. The minimum absolute atomic E-state index is 0.356. The highest BCUT2D eigenvalue weighted by Crippen LogP contribution is 2.27. The molecule has 3 aromatic carbocycles. The Balaban J connectivity index is 1.62. The molecule has 6 nitrogen and oxygen atoms in total. The zero-order valence-electron chi connectivity index (χ0n) is 17.7. The number of nitrogens with one attached hydrogen (secondary N) is 2. The molecule has 0 aliphatic heterocycles. The second-order valence-electron chi connectivity index (χ2n) is 7.32. The molecule has 2 N–H and O–H groups in total. The summed E-state index contributed by atoms with van der Waals surface area (Å²) < 4.78 is 0. The average molecular weight is 443 g/mol. The van der Waals surface area contributed by atoms with Gasteiger partial charge in [0.1, 0.15) is 0 Å². The van der Waals surface area contributed by atoms with Crippen molar-refractivity contribution in [3.05, 3.63) is 101 Å². The van der Waals surface area contributed by atoms with Crippen LogP contribution in [0.4, 0.5) is 15.6 Å². The molecule has 1 heterocycles. The van der Waals surface area contributed by atoms with Gasteiger partial charge in [-0.15, -0.1) is 11.3 Å². The second kappa shape index (κ2) is 9.45. The highest BCUT2D eigenvalue weighted by Gasteiger charge is 2.23. The minimum Gasteiger partial charge on any atom is -0.306 e. The highest BCUT2D eigenvalue weighted by molar-refractivity contribution is 7.14. The number of nitrogens with zero attached hydrogens (tertiary/aromatic N) is 2. The van der Waals surface area contributed by atoms with Crippen molar-refractivity contribution in [1.29, 1.82) is 0 Å². The van der Waals surface area contributed by atoms with Crippen LogP contribution in [0.25, 0.3) is 11.3 Å². The van der Waals surface area contributed by atoms with E-state index in [1.54, 1.807) is 24.3 Å². The maximum atomic E-state index is 13.1. The van der Waals surface area contributed by atoms with Crippen LogP contribution in [-0.2, 0) is 0 Å². The molecule has 0 saturated heterocycles. The van der Waals surface area contributed by atoms with Crippen LogP contribution in [0.2, 0.25) is 0 Å². The van der Waals surface area contributed by atoms with E-state index in [1.807, 2.05) is 73.8 Å². The number of hydrogen-bond acceptors (Lipinski definition) is 4. The molecule has 0 aliphatic carbocycles. The van der Waals surface area contributed by atoms with Gasteiger partial charge in [0.2, 0.25) is 5.13 Å². The standard InChI is InChI=1S/C25H22N4O2S/c1-17-8-12-19(13-9-17)22-16-32-25(27-22)29(24(31)26-21-6-4-3-5-7-21)28-23(30)20-14-10-18(2)11-15-20/h3-16H,1-2H3,(H,26,31)(H,28,30). The lowest BCUT2D eigenvalue weighted by Gasteiger charge is -2.21. The average Bonchev–Trinajstić information content (AvgIpc) is 3.28. The first-order valence-electron chi connectivity index (χ1n) is 10.1. The second-order valence-corrected chi connectivity index (χ2v) is 8.16. The Bertz CT molecular complexity index is 1220. The van der Waals surface area contributed by atoms with E-state index < -0.39 is 11.9 Å². The number of carbonyl (C=O) groups is 2. The van der Waals surface area contributed by atoms with E-state index in [1.165, 1.54) is 11.3 Å². The third-order valence-electron chi connectivity index (χ3n) is 4.79. The highest BCUT2D eigenvalue weighted by atomic mass is 32.1. The number of benzene rings is 3. The van der Waals surface area contributed by atoms with Crippen molar-refractivity contribution in [2.45, 2.75) is 13.8 Å². The lowest BCUT2D eigenvalue weighted by molar-refractivity contribution is 0.0951. The molecule has 0 atom stereocenters. The molecular weight excluding hydrogens is 420 g/mol. The number of aryl methyl sites for hydroxylation is 2. The van der Waals surface area contributed by atoms with Crippen LogP contribution in [0.3, 0.4) is 0 Å². The maximum Gasteiger partial charge on any atom is 0.347 e. The van der Waals surface area contributed by atoms with Crippen LogP contribution in [0.1, 0.15) is 21.5 Å². The van der Waals surface area contributed by atoms with Gasteiger partial charge in [-0.1, -0.05) is 65.7 Å². The van der Waals surface area contributed by atoms with Crippen molar-refractivity contribution in [3.63, 3.8) is 0 Å². The van der Waals surface area contributed by atoms with E-state index in [4.69, 9.17) is 0 Å². The molecule has 7 heteroatoms. The Kier molecular flexibility index (Phi) is 6.28. The van der Waals surface area contributed by atoms with Gasteiger partial charge in [-0.05, 0) is 38.1 Å². The fraction of sp³-hybridized carbons (Fsp3) is 0.0800. The molecule has 0 radical (unpaired) electrons. The Morgan fingerprint density at radius 2 is 1.47 bits per heavy atom. The smallest absolute Gasteiger partial charge is 0.306 e. The Morgan fingerprint density at radius 3 is 2.12 bits per heavy atom. The molecule has 0 spiro atoms. The molecule has 0 fully saturated rings. The van der Waals surface area contributed by atoms with Crippen LogP contribution < -0.4 is 15.8 Å². The molecule has 0 saturated carbocycles. The minimum atomic E-state index is -0.513. The first-order chi connectivity index (χ1) is 15.5. The SMILES string of the molecule is Cc1ccc(C(=O)NN(C(=O)Nc2ccccc2)c2nc(-c3ccc(C)cc3)cs2)cc1. The number of urea groups is 1. The molecule has 4 rings (SSSR count). The van der Waals surface area contributed by atoms with Gasteiger partial charge in [0.05, 0.1) is 5.69 Å². The first kappa shape index (κ1) is 21.3. The lowest BCUT2D eigenvalue weighted by Crippen LogP contribution is -2.48. The number of carbonyl (C=O) groups excluding carboxylic acids is 2. The zero-order chi connectivity index (χ0) is 22.5. The van der Waals surface area contributed by atoms with Gasteiger partial charge in [0.15, 0.2) is 0 Å². The van der Waals surface area contributed by atoms with E-state index in [0.29, 0.717) is 16.4 Å². The summed E-state index contributed by atoms with van der Waals surface area (Å²) >= 11 is 1.27. The third-order valence-corrected chi connectivity index (χ3v) is 5.61. The molecule has 1 aromatic heterocycles. The fourth-order valence-electron chi connectivity index (χ4n) is 2.98. The molecule has 32 heavy (non-hydrogen) atoms. The molecule has 0 unspecified atom stereocenters. The van der Waals surface area contributed by atoms with E-state index in [9.17, 15) is 9.59 Å². The number of amides is 3. The van der Waals surface area contributed by atoms with Gasteiger partial charge >= 0.3 is 6.03 Å². The summed E-state index contributed by atoms with van der Waals surface area (Å²) in [5.41, 5.74) is 7.62. The van der Waals surface area contributed by atoms with Gasteiger partial charge < -0.3 is 5.32 Å². The maximum absolute atomic E-state index is 13.1. The van der Waals surface area contributed by atoms with Crippen LogP contribution >= 0.6 is 11.3 Å². The van der Waals surface area contributed by atoms with Gasteiger partial charge in [-0.25, -0.2) is 9.78 Å². The number of anilines is 2. The van der Waals surface area contributed by atoms with Crippen molar-refractivity contribution in [2.24, 2.45) is 0 Å². The molecule has 4 aromatic rings. The van der Waals surface area contributed by atoms with E-state index in [-0.39, 0.29) is 0 Å². The number of thiazole rings is 1. The number of rotatable bonds is 4. The van der Waals surface area contributed by atoms with Gasteiger partial charge in [-0.3, -0.25) is 10.2 Å². The molecule has 0 aliphatic rings. The van der Waals surface area contributed by atoms with Crippen molar-refractivity contribution < 1.29 is 9.59 Å². The molecule has 160 valence electrons. The normalized spacial score (nSPS) is 10.4. The molecule has 3 amide bonds. The predicted octanol–water partition coefficient (Wildman–Crippen LogP) is 5.81. The summed E-state index contributed by atoms with van der Waals surface area (Å²) in [5.74, 6) is -0.403. The Labute approximate surface area is 190 Å². The Morgan fingerprint density at radius 1 is 0.844 bits per heavy atom. The monoisotopic (exact) mass is 442 g/mol. The lowest BCUT2D eigenvalue weighted by atomic mass is 10.1. The third kappa shape index (κ3) is 5.01. The topological polar surface area (TPSA) is 74.3 Å². The summed E-state index contributed by atoms with van der Waals surface area (Å²) in [4.78, 5) is 30.5. The van der Waals surface area contributed by atoms with E-state index in [2.05, 4.69) is 15.7 Å².